The first-order valence-corrected chi connectivity index (χ1v) is 10.8. The predicted octanol–water partition coefficient (Wildman–Crippen LogP) is 3.57. The zero-order chi connectivity index (χ0) is 21.1. The highest BCUT2D eigenvalue weighted by Crippen LogP contribution is 2.30. The number of anilines is 2. The van der Waals surface area contributed by atoms with Crippen molar-refractivity contribution >= 4 is 34.9 Å². The maximum Gasteiger partial charge on any atom is 0.227 e. The van der Waals surface area contributed by atoms with Crippen LogP contribution in [0.4, 0.5) is 11.5 Å². The Bertz CT molecular complexity index is 891. The number of amides is 2. The van der Waals surface area contributed by atoms with Gasteiger partial charge in [-0.3, -0.25) is 9.59 Å². The molecule has 8 heteroatoms. The van der Waals surface area contributed by atoms with Gasteiger partial charge in [0.05, 0.1) is 6.04 Å². The van der Waals surface area contributed by atoms with Gasteiger partial charge in [0, 0.05) is 30.6 Å². The van der Waals surface area contributed by atoms with Gasteiger partial charge in [-0.05, 0) is 62.4 Å². The van der Waals surface area contributed by atoms with E-state index in [4.69, 9.17) is 11.6 Å². The summed E-state index contributed by atoms with van der Waals surface area (Å²) < 4.78 is 0. The number of halogens is 1. The number of hydrogen-bond donors (Lipinski definition) is 2. The highest BCUT2D eigenvalue weighted by molar-refractivity contribution is 6.29. The Labute approximate surface area is 181 Å². The molecule has 1 aliphatic carbocycles. The van der Waals surface area contributed by atoms with Gasteiger partial charge in [0.15, 0.2) is 11.0 Å². The van der Waals surface area contributed by atoms with Crippen LogP contribution in [-0.4, -0.2) is 35.1 Å². The molecule has 2 amide bonds. The molecule has 1 atom stereocenters. The molecule has 0 bridgehead atoms. The van der Waals surface area contributed by atoms with Crippen molar-refractivity contribution in [1.29, 1.82) is 0 Å². The Morgan fingerprint density at radius 2 is 1.63 bits per heavy atom. The van der Waals surface area contributed by atoms with Gasteiger partial charge in [-0.2, -0.15) is 0 Å². The fourth-order valence-corrected chi connectivity index (χ4v) is 3.81. The van der Waals surface area contributed by atoms with Crippen molar-refractivity contribution in [3.63, 3.8) is 0 Å². The Kier molecular flexibility index (Phi) is 6.18. The van der Waals surface area contributed by atoms with E-state index >= 15 is 0 Å². The summed E-state index contributed by atoms with van der Waals surface area (Å²) in [5, 5.41) is 14.4. The number of hydrogen-bond acceptors (Lipinski definition) is 5. The first-order chi connectivity index (χ1) is 14.5. The molecule has 158 valence electrons. The van der Waals surface area contributed by atoms with Crippen LogP contribution in [0.25, 0.3) is 0 Å². The molecule has 1 saturated carbocycles. The quantitative estimate of drug-likeness (QED) is 0.735. The van der Waals surface area contributed by atoms with E-state index in [0.29, 0.717) is 5.15 Å². The Hall–Kier alpha value is -2.67. The van der Waals surface area contributed by atoms with Crippen molar-refractivity contribution in [2.75, 3.05) is 23.3 Å². The molecule has 2 N–H and O–H groups in total. The molecule has 1 saturated heterocycles. The maximum atomic E-state index is 12.7. The van der Waals surface area contributed by atoms with Crippen LogP contribution in [0, 0.1) is 11.8 Å². The fraction of sp³-hybridized carbons (Fsp3) is 0.455. The monoisotopic (exact) mass is 427 g/mol. The molecule has 2 heterocycles. The third-order valence-electron chi connectivity index (χ3n) is 5.79. The number of rotatable bonds is 6. The van der Waals surface area contributed by atoms with Gasteiger partial charge in [0.25, 0.3) is 0 Å². The minimum Gasteiger partial charge on any atom is -0.355 e. The molecule has 7 nitrogen and oxygen atoms in total. The van der Waals surface area contributed by atoms with Crippen LogP contribution in [0.3, 0.4) is 0 Å². The molecule has 0 spiro atoms. The molecule has 1 unspecified atom stereocenters. The lowest BCUT2D eigenvalue weighted by atomic mass is 9.95. The zero-order valence-corrected chi connectivity index (χ0v) is 17.7. The lowest BCUT2D eigenvalue weighted by molar-refractivity contribution is -0.126. The number of carbonyl (C=O) groups excluding carboxylic acids is 2. The van der Waals surface area contributed by atoms with E-state index in [2.05, 4.69) is 25.7 Å². The highest BCUT2D eigenvalue weighted by atomic mass is 35.5. The van der Waals surface area contributed by atoms with Crippen LogP contribution in [-0.2, 0) is 9.59 Å². The number of nitrogens with zero attached hydrogens (tertiary/aromatic N) is 3. The summed E-state index contributed by atoms with van der Waals surface area (Å²) in [5.41, 5.74) is 1.81. The van der Waals surface area contributed by atoms with Crippen molar-refractivity contribution in [2.24, 2.45) is 11.8 Å². The van der Waals surface area contributed by atoms with Crippen molar-refractivity contribution in [2.45, 2.75) is 38.6 Å². The summed E-state index contributed by atoms with van der Waals surface area (Å²) in [6.45, 7) is 3.50. The average Bonchev–Trinajstić information content (AvgIpc) is 3.60. The second kappa shape index (κ2) is 9.00. The van der Waals surface area contributed by atoms with Gasteiger partial charge in [-0.1, -0.05) is 23.7 Å². The molecule has 2 aliphatic rings. The Morgan fingerprint density at radius 3 is 2.23 bits per heavy atom. The SMILES string of the molecule is CC(NC(=O)C1CCN(c2ccc(Cl)nn2)CC1)c1ccc(NC(=O)C2CC2)cc1. The van der Waals surface area contributed by atoms with Crippen molar-refractivity contribution in [1.82, 2.24) is 15.5 Å². The second-order valence-electron chi connectivity index (χ2n) is 8.09. The van der Waals surface area contributed by atoms with Gasteiger partial charge in [0.2, 0.25) is 11.8 Å². The van der Waals surface area contributed by atoms with E-state index in [1.54, 1.807) is 6.07 Å². The standard InChI is InChI=1S/C22H26ClN5O2/c1-14(15-4-6-18(7-5-15)25-22(30)16-2-3-16)24-21(29)17-10-12-28(13-11-17)20-9-8-19(23)26-27-20/h4-9,14,16-17H,2-3,10-13H2,1H3,(H,24,29)(H,25,30). The van der Waals surface area contributed by atoms with Crippen LogP contribution in [0.2, 0.25) is 5.15 Å². The van der Waals surface area contributed by atoms with E-state index in [-0.39, 0.29) is 29.7 Å². The van der Waals surface area contributed by atoms with Crippen LogP contribution in [0.5, 0.6) is 0 Å². The van der Waals surface area contributed by atoms with Crippen molar-refractivity contribution in [3.8, 4) is 0 Å². The summed E-state index contributed by atoms with van der Waals surface area (Å²) in [6, 6.07) is 11.2. The number of carbonyl (C=O) groups is 2. The minimum atomic E-state index is -0.0918. The van der Waals surface area contributed by atoms with Gasteiger partial charge in [-0.25, -0.2) is 0 Å². The third-order valence-corrected chi connectivity index (χ3v) is 5.99. The largest absolute Gasteiger partial charge is 0.355 e. The summed E-state index contributed by atoms with van der Waals surface area (Å²) in [7, 11) is 0. The van der Waals surface area contributed by atoms with Crippen LogP contribution in [0.15, 0.2) is 36.4 Å². The Balaban J connectivity index is 1.26. The number of piperidine rings is 1. The lowest BCUT2D eigenvalue weighted by Crippen LogP contribution is -2.41. The van der Waals surface area contributed by atoms with E-state index in [1.165, 1.54) is 0 Å². The van der Waals surface area contributed by atoms with E-state index in [0.717, 1.165) is 55.8 Å². The molecule has 30 heavy (non-hydrogen) atoms. The first kappa shape index (κ1) is 20.6. The average molecular weight is 428 g/mol. The molecular formula is C22H26ClN5O2. The summed E-state index contributed by atoms with van der Waals surface area (Å²) in [5.74, 6) is 1.14. The highest BCUT2D eigenvalue weighted by Gasteiger charge is 2.29. The van der Waals surface area contributed by atoms with Crippen LogP contribution < -0.4 is 15.5 Å². The van der Waals surface area contributed by atoms with Gasteiger partial charge >= 0.3 is 0 Å². The van der Waals surface area contributed by atoms with E-state index in [1.807, 2.05) is 37.3 Å². The molecule has 4 rings (SSSR count). The van der Waals surface area contributed by atoms with Crippen molar-refractivity contribution < 1.29 is 9.59 Å². The molecule has 1 aromatic carbocycles. The summed E-state index contributed by atoms with van der Waals surface area (Å²) >= 11 is 5.80. The second-order valence-corrected chi connectivity index (χ2v) is 8.48. The van der Waals surface area contributed by atoms with E-state index < -0.39 is 0 Å². The maximum absolute atomic E-state index is 12.7. The molecule has 0 radical (unpaired) electrons. The molecule has 2 fully saturated rings. The van der Waals surface area contributed by atoms with E-state index in [9.17, 15) is 9.59 Å². The van der Waals surface area contributed by atoms with Crippen LogP contribution in [0.1, 0.15) is 44.2 Å². The normalized spacial score (nSPS) is 18.0. The van der Waals surface area contributed by atoms with Gasteiger partial charge in [0.1, 0.15) is 0 Å². The topological polar surface area (TPSA) is 87.2 Å². The minimum absolute atomic E-state index is 0.0129. The fourth-order valence-electron chi connectivity index (χ4n) is 3.71. The predicted molar refractivity (Wildman–Crippen MR) is 116 cm³/mol. The first-order valence-electron chi connectivity index (χ1n) is 10.4. The number of aromatic nitrogens is 2. The van der Waals surface area contributed by atoms with Crippen LogP contribution >= 0.6 is 11.6 Å². The number of benzene rings is 1. The smallest absolute Gasteiger partial charge is 0.227 e. The lowest BCUT2D eigenvalue weighted by Gasteiger charge is -2.32. The molecule has 1 aromatic heterocycles. The summed E-state index contributed by atoms with van der Waals surface area (Å²) in [6.07, 6.45) is 3.52. The van der Waals surface area contributed by atoms with Gasteiger partial charge in [-0.15, -0.1) is 10.2 Å². The summed E-state index contributed by atoms with van der Waals surface area (Å²) in [4.78, 5) is 26.7. The van der Waals surface area contributed by atoms with Crippen molar-refractivity contribution in [3.05, 3.63) is 47.1 Å². The molecule has 2 aromatic rings. The number of nitrogens with one attached hydrogen (secondary N) is 2. The zero-order valence-electron chi connectivity index (χ0n) is 17.0. The van der Waals surface area contributed by atoms with Gasteiger partial charge < -0.3 is 15.5 Å². The third kappa shape index (κ3) is 5.08. The Morgan fingerprint density at radius 1 is 0.967 bits per heavy atom. The molecule has 1 aliphatic heterocycles. The molecular weight excluding hydrogens is 402 g/mol.